The third-order valence-corrected chi connectivity index (χ3v) is 16.0. The van der Waals surface area contributed by atoms with Crippen LogP contribution in [0.5, 0.6) is 0 Å². The Morgan fingerprint density at radius 2 is 0.818 bits per heavy atom. The topological polar surface area (TPSA) is 450 Å². The maximum Gasteiger partial charge on any atom is 0.296 e. The Hall–Kier alpha value is -7.87. The molecule has 77 heavy (non-hydrogen) atoms. The van der Waals surface area contributed by atoms with Crippen molar-refractivity contribution in [2.45, 2.75) is 43.2 Å². The molecule has 0 bridgehead atoms. The van der Waals surface area contributed by atoms with Crippen LogP contribution in [0, 0.1) is 13.8 Å². The summed E-state index contributed by atoms with van der Waals surface area (Å²) in [5.41, 5.74) is 1.26. The van der Waals surface area contributed by atoms with E-state index in [0.717, 1.165) is 36.4 Å². The normalized spacial score (nSPS) is 12.9. The van der Waals surface area contributed by atoms with Gasteiger partial charge in [-0.25, -0.2) is 0 Å². The number of hydrogen-bond donors (Lipinski definition) is 9. The van der Waals surface area contributed by atoms with Crippen LogP contribution in [-0.2, 0) is 60.7 Å². The van der Waals surface area contributed by atoms with Crippen molar-refractivity contribution >= 4 is 140 Å². The first-order valence-electron chi connectivity index (χ1n) is 21.0. The van der Waals surface area contributed by atoms with Crippen LogP contribution in [0.4, 0.5) is 57.7 Å². The number of aryl methyl sites for hydroxylation is 2. The summed E-state index contributed by atoms with van der Waals surface area (Å²) in [7, 11) is -29.8. The van der Waals surface area contributed by atoms with E-state index in [2.05, 4.69) is 51.4 Å². The van der Waals surface area contributed by atoms with Crippen molar-refractivity contribution in [3.8, 4) is 0 Å². The first-order valence-corrected chi connectivity index (χ1v) is 29.6. The Bertz CT molecular complexity index is 4570. The smallest absolute Gasteiger partial charge is 0.296 e. The molecule has 28 nitrogen and oxygen atoms in total. The summed E-state index contributed by atoms with van der Waals surface area (Å²) in [5.74, 6) is -0.300. The zero-order valence-corrected chi connectivity index (χ0v) is 43.5. The summed E-state index contributed by atoms with van der Waals surface area (Å²) in [6, 6.07) is 22.0. The highest BCUT2D eigenvalue weighted by Crippen LogP contribution is 2.38. The molecular weight excluding hydrogens is 1140 g/mol. The average molecular weight is 1170 g/mol. The lowest BCUT2D eigenvalue weighted by Crippen LogP contribution is -2.07. The number of nitrogens with zero attached hydrogens (tertiary/aromatic N) is 7. The summed E-state index contributed by atoms with van der Waals surface area (Å²) in [4.78, 5) is 8.50. The third-order valence-electron chi connectivity index (χ3n) is 10.8. The van der Waals surface area contributed by atoms with Gasteiger partial charge in [-0.05, 0) is 133 Å². The van der Waals surface area contributed by atoms with E-state index in [9.17, 15) is 77.8 Å². The van der Waals surface area contributed by atoms with Crippen molar-refractivity contribution in [1.29, 1.82) is 0 Å². The predicted octanol–water partition coefficient (Wildman–Crippen LogP) is 8.34. The fourth-order valence-electron chi connectivity index (χ4n) is 7.32. The molecule has 8 aromatic rings. The molecule has 0 saturated heterocycles. The molecule has 7 aromatic carbocycles. The molecule has 9 N–H and O–H groups in total. The highest BCUT2D eigenvalue weighted by atomic mass is 32.2. The van der Waals surface area contributed by atoms with Gasteiger partial charge in [-0.15, -0.1) is 5.11 Å². The zero-order chi connectivity index (χ0) is 56.2. The molecule has 0 spiro atoms. The number of fused-ring (bicyclic) bond motifs is 2. The van der Waals surface area contributed by atoms with E-state index < -0.39 is 107 Å². The monoisotopic (exact) mass is 1170 g/mol. The maximum absolute atomic E-state index is 12.5. The minimum atomic E-state index is -5.21. The van der Waals surface area contributed by atoms with Gasteiger partial charge in [0.2, 0.25) is 17.8 Å². The predicted molar refractivity (Wildman–Crippen MR) is 274 cm³/mol. The molecule has 400 valence electrons. The maximum atomic E-state index is 12.5. The second kappa shape index (κ2) is 20.3. The summed E-state index contributed by atoms with van der Waals surface area (Å²) < 4.78 is 204. The number of azo groups is 2. The molecule has 0 amide bonds. The van der Waals surface area contributed by atoms with E-state index in [1.54, 1.807) is 19.9 Å². The molecule has 0 aliphatic heterocycles. The van der Waals surface area contributed by atoms with Crippen LogP contribution in [0.1, 0.15) is 11.1 Å². The average Bonchev–Trinajstić information content (AvgIpc) is 3.33. The number of hydrogen-bond acceptors (Lipinski definition) is 22. The van der Waals surface area contributed by atoms with Crippen molar-refractivity contribution in [3.63, 3.8) is 0 Å². The summed E-state index contributed by atoms with van der Waals surface area (Å²) in [6.07, 6.45) is 0. The second-order valence-corrected chi connectivity index (χ2v) is 24.6. The van der Waals surface area contributed by atoms with Gasteiger partial charge in [-0.1, -0.05) is 12.1 Å². The number of nitrogens with one attached hydrogen (secondary N) is 3. The van der Waals surface area contributed by atoms with E-state index in [1.165, 1.54) is 54.6 Å². The zero-order valence-electron chi connectivity index (χ0n) is 38.6. The van der Waals surface area contributed by atoms with Crippen LogP contribution in [0.2, 0.25) is 0 Å². The number of rotatable bonds is 16. The third kappa shape index (κ3) is 12.9. The molecule has 0 fully saturated rings. The van der Waals surface area contributed by atoms with Crippen LogP contribution < -0.4 is 16.0 Å². The molecule has 0 aliphatic carbocycles. The van der Waals surface area contributed by atoms with Crippen LogP contribution in [0.25, 0.3) is 21.5 Å². The molecule has 0 saturated carbocycles. The fraction of sp³-hybridized carbons (Fsp3) is 0.0465. The van der Waals surface area contributed by atoms with Crippen LogP contribution in [-0.4, -0.2) is 92.8 Å². The minimum absolute atomic E-state index is 0.0876. The Kier molecular flexibility index (Phi) is 14.6. The molecule has 0 aliphatic rings. The number of aromatic nitrogens is 3. The van der Waals surface area contributed by atoms with Crippen LogP contribution in [0.3, 0.4) is 0 Å². The van der Waals surface area contributed by atoms with Gasteiger partial charge in [0.1, 0.15) is 25.3 Å². The van der Waals surface area contributed by atoms with E-state index in [-0.39, 0.29) is 51.4 Å². The van der Waals surface area contributed by atoms with Gasteiger partial charge >= 0.3 is 0 Å². The lowest BCUT2D eigenvalue weighted by Gasteiger charge is -2.13. The number of benzene rings is 7. The molecule has 0 unspecified atom stereocenters. The number of anilines is 6. The van der Waals surface area contributed by atoms with Crippen molar-refractivity contribution in [2.75, 3.05) is 16.0 Å². The molecule has 34 heteroatoms. The Labute approximate surface area is 436 Å². The SMILES string of the molecule is Cc1cc(Nc2nc(Nc3ccc(S(=O)(=O)O)cc3)nc(Nc3ccc(N=Nc4cc5c(S(=O)(=O)O)cc(S(=O)(=O)O)cc5cc4S(=O)(=O)O)c(C)c3)n2)ccc1N=Nc1cc(S(=O)(=O)O)c2cccc(S(=O)(=O)O)c2c1. The molecule has 8 rings (SSSR count). The van der Waals surface area contributed by atoms with E-state index >= 15 is 0 Å². The fourth-order valence-corrected chi connectivity index (χ4v) is 11.2. The molecule has 0 radical (unpaired) electrons. The quantitative estimate of drug-likeness (QED) is 0.0324. The van der Waals surface area contributed by atoms with Crippen molar-refractivity contribution in [1.82, 2.24) is 15.0 Å². The van der Waals surface area contributed by atoms with Crippen molar-refractivity contribution in [2.24, 2.45) is 20.5 Å². The van der Waals surface area contributed by atoms with Crippen molar-refractivity contribution in [3.05, 3.63) is 126 Å². The van der Waals surface area contributed by atoms with Gasteiger partial charge in [-0.2, -0.15) is 80.8 Å². The molecule has 1 heterocycles. The van der Waals surface area contributed by atoms with Gasteiger partial charge in [-0.3, -0.25) is 27.3 Å². The Balaban J connectivity index is 1.10. The minimum Gasteiger partial charge on any atom is -0.324 e. The lowest BCUT2D eigenvalue weighted by atomic mass is 10.1. The first kappa shape index (κ1) is 55.4. The van der Waals surface area contributed by atoms with Gasteiger partial charge in [0, 0.05) is 33.2 Å². The highest BCUT2D eigenvalue weighted by Gasteiger charge is 2.26. The first-order chi connectivity index (χ1) is 35.7. The van der Waals surface area contributed by atoms with Gasteiger partial charge < -0.3 is 16.0 Å². The molecule has 1 aromatic heterocycles. The second-order valence-electron chi connectivity index (χ2n) is 16.2. The standard InChI is InChI=1S/C43H34N10O18S6/c1-22-14-26(8-12-34(22)51-50-28-18-33-31(38(19-28)75(63,64)65)4-3-5-37(33)74(60,61)62)45-42-47-41(44-25-6-10-29(11-7-25)72(54,55)56)48-43(49-42)46-27-9-13-35(23(2)15-27)52-53-36-21-32-24(17-40(36)77(69,70)71)16-30(73(57,58)59)20-39(32)76(66,67)68/h3-21H,1-2H3,(H,54,55,56)(H,57,58,59)(H,60,61,62)(H,63,64,65)(H,66,67,68)(H,69,70,71)(H3,44,45,46,47,48,49). The van der Waals surface area contributed by atoms with E-state index in [4.69, 9.17) is 0 Å². The highest BCUT2D eigenvalue weighted by molar-refractivity contribution is 7.87. The molecular formula is C43H34N10O18S6. The van der Waals surface area contributed by atoms with E-state index in [1.807, 2.05) is 0 Å². The van der Waals surface area contributed by atoms with Crippen molar-refractivity contribution < 1.29 is 77.8 Å². The molecule has 0 atom stereocenters. The van der Waals surface area contributed by atoms with Gasteiger partial charge in [0.25, 0.3) is 60.7 Å². The van der Waals surface area contributed by atoms with Crippen LogP contribution >= 0.6 is 0 Å². The Morgan fingerprint density at radius 3 is 1.30 bits per heavy atom. The largest absolute Gasteiger partial charge is 0.324 e. The lowest BCUT2D eigenvalue weighted by molar-refractivity contribution is 0.478. The van der Waals surface area contributed by atoms with Crippen LogP contribution in [0.15, 0.2) is 165 Å². The summed E-state index contributed by atoms with van der Waals surface area (Å²) >= 11 is 0. The van der Waals surface area contributed by atoms with Gasteiger partial charge in [0.15, 0.2) is 0 Å². The van der Waals surface area contributed by atoms with Gasteiger partial charge in [0.05, 0.1) is 26.9 Å². The van der Waals surface area contributed by atoms with E-state index in [0.29, 0.717) is 40.7 Å². The Morgan fingerprint density at radius 1 is 0.364 bits per heavy atom. The summed E-state index contributed by atoms with van der Waals surface area (Å²) in [5, 5.41) is 23.7. The summed E-state index contributed by atoms with van der Waals surface area (Å²) in [6.45, 7) is 3.19.